The first-order valence-corrected chi connectivity index (χ1v) is 9.54. The zero-order chi connectivity index (χ0) is 19.5. The van der Waals surface area contributed by atoms with Crippen molar-refractivity contribution < 1.29 is 9.18 Å². The van der Waals surface area contributed by atoms with Crippen LogP contribution in [-0.2, 0) is 0 Å². The predicted octanol–water partition coefficient (Wildman–Crippen LogP) is 4.61. The van der Waals surface area contributed by atoms with Crippen molar-refractivity contribution in [1.82, 2.24) is 14.9 Å². The maximum Gasteiger partial charge on any atom is 0.253 e. The number of amides is 1. The first kappa shape index (κ1) is 18.3. The molecule has 1 atom stereocenters. The number of likely N-dealkylation sites (tertiary alicyclic amines) is 1. The van der Waals surface area contributed by atoms with Gasteiger partial charge in [0.15, 0.2) is 0 Å². The number of piperidine rings is 1. The molecule has 1 aliphatic rings. The molecular formula is C23H22FN3O. The molecule has 2 heterocycles. The molecule has 0 N–H and O–H groups in total. The minimum atomic E-state index is -0.337. The molecule has 0 saturated carbocycles. The quantitative estimate of drug-likeness (QED) is 0.671. The van der Waals surface area contributed by atoms with Crippen LogP contribution in [0.25, 0.3) is 11.3 Å². The van der Waals surface area contributed by atoms with Crippen molar-refractivity contribution in [1.29, 1.82) is 0 Å². The minimum absolute atomic E-state index is 0.0625. The van der Waals surface area contributed by atoms with Crippen molar-refractivity contribution in [2.45, 2.75) is 25.7 Å². The van der Waals surface area contributed by atoms with E-state index in [9.17, 15) is 9.18 Å². The molecule has 5 heteroatoms. The molecular weight excluding hydrogens is 353 g/mol. The summed E-state index contributed by atoms with van der Waals surface area (Å²) in [7, 11) is 0. The van der Waals surface area contributed by atoms with E-state index in [1.807, 2.05) is 17.0 Å². The predicted molar refractivity (Wildman–Crippen MR) is 106 cm³/mol. The summed E-state index contributed by atoms with van der Waals surface area (Å²) in [6.45, 7) is 3.36. The maximum absolute atomic E-state index is 13.1. The van der Waals surface area contributed by atoms with E-state index < -0.39 is 0 Å². The number of benzene rings is 2. The molecule has 1 fully saturated rings. The van der Waals surface area contributed by atoms with E-state index in [4.69, 9.17) is 4.98 Å². The number of aryl methyl sites for hydroxylation is 1. The fourth-order valence-corrected chi connectivity index (χ4v) is 3.70. The highest BCUT2D eigenvalue weighted by Crippen LogP contribution is 2.28. The van der Waals surface area contributed by atoms with E-state index in [1.165, 1.54) is 17.7 Å². The highest BCUT2D eigenvalue weighted by molar-refractivity contribution is 5.94. The number of hydrogen-bond donors (Lipinski definition) is 0. The maximum atomic E-state index is 13.1. The number of halogens is 1. The van der Waals surface area contributed by atoms with Crippen molar-refractivity contribution in [3.05, 3.63) is 83.6 Å². The molecule has 142 valence electrons. The van der Waals surface area contributed by atoms with Crippen molar-refractivity contribution in [2.24, 2.45) is 0 Å². The highest BCUT2D eigenvalue weighted by Gasteiger charge is 2.26. The van der Waals surface area contributed by atoms with Crippen molar-refractivity contribution >= 4 is 5.91 Å². The van der Waals surface area contributed by atoms with Crippen LogP contribution in [0.4, 0.5) is 4.39 Å². The molecule has 0 spiro atoms. The van der Waals surface area contributed by atoms with Gasteiger partial charge in [0.1, 0.15) is 5.82 Å². The lowest BCUT2D eigenvalue weighted by Gasteiger charge is -2.32. The lowest BCUT2D eigenvalue weighted by Crippen LogP contribution is -2.39. The first-order chi connectivity index (χ1) is 13.6. The molecule has 1 aromatic heterocycles. The zero-order valence-corrected chi connectivity index (χ0v) is 15.8. The van der Waals surface area contributed by atoms with Crippen LogP contribution >= 0.6 is 0 Å². The molecule has 4 rings (SSSR count). The summed E-state index contributed by atoms with van der Waals surface area (Å²) >= 11 is 0. The standard InChI is InChI=1S/C23H22FN3O/c1-16-4-2-5-18(12-16)21-13-25-14-22(26-21)19-6-3-11-27(15-19)23(28)17-7-9-20(24)10-8-17/h2,4-5,7-10,12-14,19H,3,6,11,15H2,1H3/t19-/m1/s1. The van der Waals surface area contributed by atoms with Crippen LogP contribution in [0.1, 0.15) is 40.4 Å². The van der Waals surface area contributed by atoms with Crippen LogP contribution in [0, 0.1) is 12.7 Å². The van der Waals surface area contributed by atoms with Gasteiger partial charge in [-0.3, -0.25) is 9.78 Å². The van der Waals surface area contributed by atoms with Gasteiger partial charge in [-0.2, -0.15) is 0 Å². The summed E-state index contributed by atoms with van der Waals surface area (Å²) in [6.07, 6.45) is 5.46. The van der Waals surface area contributed by atoms with Gasteiger partial charge in [0.25, 0.3) is 5.91 Å². The summed E-state index contributed by atoms with van der Waals surface area (Å²) < 4.78 is 13.1. The van der Waals surface area contributed by atoms with Crippen LogP contribution in [-0.4, -0.2) is 33.9 Å². The van der Waals surface area contributed by atoms with Crippen LogP contribution in [0.15, 0.2) is 60.9 Å². The summed E-state index contributed by atoms with van der Waals surface area (Å²) in [5, 5.41) is 0. The summed E-state index contributed by atoms with van der Waals surface area (Å²) in [5.74, 6) is -0.251. The lowest BCUT2D eigenvalue weighted by molar-refractivity contribution is 0.0705. The second-order valence-corrected chi connectivity index (χ2v) is 7.30. The Morgan fingerprint density at radius 1 is 1.14 bits per heavy atom. The molecule has 0 unspecified atom stereocenters. The molecule has 4 nitrogen and oxygen atoms in total. The van der Waals surface area contributed by atoms with Crippen LogP contribution in [0.5, 0.6) is 0 Å². The fourth-order valence-electron chi connectivity index (χ4n) is 3.70. The Hall–Kier alpha value is -3.08. The third-order valence-electron chi connectivity index (χ3n) is 5.19. The fraction of sp³-hybridized carbons (Fsp3) is 0.261. The third-order valence-corrected chi connectivity index (χ3v) is 5.19. The molecule has 1 amide bonds. The first-order valence-electron chi connectivity index (χ1n) is 9.54. The molecule has 0 radical (unpaired) electrons. The largest absolute Gasteiger partial charge is 0.338 e. The highest BCUT2D eigenvalue weighted by atomic mass is 19.1. The van der Waals surface area contributed by atoms with Crippen LogP contribution < -0.4 is 0 Å². The molecule has 0 bridgehead atoms. The van der Waals surface area contributed by atoms with E-state index in [-0.39, 0.29) is 17.6 Å². The Morgan fingerprint density at radius 2 is 1.96 bits per heavy atom. The van der Waals surface area contributed by atoms with E-state index >= 15 is 0 Å². The van der Waals surface area contributed by atoms with E-state index in [1.54, 1.807) is 24.5 Å². The van der Waals surface area contributed by atoms with Crippen molar-refractivity contribution in [2.75, 3.05) is 13.1 Å². The minimum Gasteiger partial charge on any atom is -0.338 e. The Morgan fingerprint density at radius 3 is 2.75 bits per heavy atom. The number of rotatable bonds is 3. The molecule has 3 aromatic rings. The average Bonchev–Trinajstić information content (AvgIpc) is 2.74. The number of carbonyl (C=O) groups is 1. The topological polar surface area (TPSA) is 46.1 Å². The Balaban J connectivity index is 1.54. The molecule has 2 aromatic carbocycles. The van der Waals surface area contributed by atoms with Gasteiger partial charge in [-0.05, 0) is 50.1 Å². The summed E-state index contributed by atoms with van der Waals surface area (Å²) in [4.78, 5) is 23.8. The van der Waals surface area contributed by atoms with Crippen molar-refractivity contribution in [3.8, 4) is 11.3 Å². The van der Waals surface area contributed by atoms with Gasteiger partial charge < -0.3 is 4.90 Å². The monoisotopic (exact) mass is 375 g/mol. The Labute approximate surface area is 164 Å². The van der Waals surface area contributed by atoms with Gasteiger partial charge in [-0.1, -0.05) is 23.8 Å². The molecule has 28 heavy (non-hydrogen) atoms. The number of carbonyl (C=O) groups excluding carboxylic acids is 1. The Bertz CT molecular complexity index is 987. The summed E-state index contributed by atoms with van der Waals surface area (Å²) in [5.41, 5.74) is 4.50. The van der Waals surface area contributed by atoms with Gasteiger partial charge in [0.2, 0.25) is 0 Å². The second kappa shape index (κ2) is 7.89. The average molecular weight is 375 g/mol. The molecule has 0 aliphatic carbocycles. The van der Waals surface area contributed by atoms with E-state index in [0.717, 1.165) is 29.8 Å². The summed E-state index contributed by atoms with van der Waals surface area (Å²) in [6, 6.07) is 13.9. The number of aromatic nitrogens is 2. The third kappa shape index (κ3) is 3.93. The van der Waals surface area contributed by atoms with Crippen LogP contribution in [0.2, 0.25) is 0 Å². The zero-order valence-electron chi connectivity index (χ0n) is 15.8. The van der Waals surface area contributed by atoms with Gasteiger partial charge >= 0.3 is 0 Å². The van der Waals surface area contributed by atoms with Gasteiger partial charge in [0, 0.05) is 36.3 Å². The Kier molecular flexibility index (Phi) is 5.15. The van der Waals surface area contributed by atoms with E-state index in [2.05, 4.69) is 24.0 Å². The smallest absolute Gasteiger partial charge is 0.253 e. The van der Waals surface area contributed by atoms with Crippen LogP contribution in [0.3, 0.4) is 0 Å². The molecule has 1 saturated heterocycles. The van der Waals surface area contributed by atoms with Gasteiger partial charge in [-0.15, -0.1) is 0 Å². The number of nitrogens with zero attached hydrogens (tertiary/aromatic N) is 3. The molecule has 1 aliphatic heterocycles. The van der Waals surface area contributed by atoms with Gasteiger partial charge in [-0.25, -0.2) is 9.37 Å². The number of hydrogen-bond acceptors (Lipinski definition) is 3. The SMILES string of the molecule is Cc1cccc(-c2cncc([C@@H]3CCCN(C(=O)c4ccc(F)cc4)C3)n2)c1. The second-order valence-electron chi connectivity index (χ2n) is 7.30. The normalized spacial score (nSPS) is 16.8. The van der Waals surface area contributed by atoms with Gasteiger partial charge in [0.05, 0.1) is 17.6 Å². The lowest BCUT2D eigenvalue weighted by atomic mass is 9.94. The van der Waals surface area contributed by atoms with E-state index in [0.29, 0.717) is 18.7 Å². The van der Waals surface area contributed by atoms with Crippen molar-refractivity contribution in [3.63, 3.8) is 0 Å².